The Labute approximate surface area is 159 Å². The minimum Gasteiger partial charge on any atom is -0.390 e. The van der Waals surface area contributed by atoms with Crippen LogP contribution in [0.5, 0.6) is 0 Å². The predicted molar refractivity (Wildman–Crippen MR) is 108 cm³/mol. The van der Waals surface area contributed by atoms with Crippen LogP contribution in [-0.4, -0.2) is 43.7 Å². The minimum atomic E-state index is -0.194. The molecule has 6 nitrogen and oxygen atoms in total. The number of hydrogen-bond acceptors (Lipinski definition) is 5. The molecule has 6 heteroatoms. The van der Waals surface area contributed by atoms with E-state index in [0.29, 0.717) is 12.0 Å². The molecular weight excluding hydrogens is 338 g/mol. The van der Waals surface area contributed by atoms with Gasteiger partial charge in [-0.15, -0.1) is 0 Å². The lowest BCUT2D eigenvalue weighted by Gasteiger charge is -2.35. The molecule has 3 aromatic rings. The number of nitrogens with one attached hydrogen (secondary N) is 1. The van der Waals surface area contributed by atoms with Crippen molar-refractivity contribution >= 4 is 22.5 Å². The summed E-state index contributed by atoms with van der Waals surface area (Å²) < 4.78 is 2.38. The quantitative estimate of drug-likeness (QED) is 0.724. The zero-order valence-corrected chi connectivity index (χ0v) is 16.4. The number of aliphatic hydroxyl groups is 1. The van der Waals surface area contributed by atoms with Crippen LogP contribution in [0.3, 0.4) is 0 Å². The minimum absolute atomic E-state index is 0.194. The third-order valence-electron chi connectivity index (χ3n) is 5.37. The molecule has 0 amide bonds. The normalized spacial score (nSPS) is 15.5. The lowest BCUT2D eigenvalue weighted by molar-refractivity contribution is -0.00353. The summed E-state index contributed by atoms with van der Waals surface area (Å²) in [5.74, 6) is 0.602. The SMILES string of the molecule is Cc1c(C)n(C(C)C)c2ccc(Nc3nccc(CN4CC(O)C4)n3)cc12. The van der Waals surface area contributed by atoms with Gasteiger partial charge in [0.25, 0.3) is 0 Å². The molecule has 0 atom stereocenters. The maximum Gasteiger partial charge on any atom is 0.227 e. The number of likely N-dealkylation sites (tertiary alicyclic amines) is 1. The predicted octanol–water partition coefficient (Wildman–Crippen LogP) is 3.55. The number of hydrogen-bond donors (Lipinski definition) is 2. The average Bonchev–Trinajstić information content (AvgIpc) is 2.85. The molecule has 0 bridgehead atoms. The van der Waals surface area contributed by atoms with Gasteiger partial charge in [-0.3, -0.25) is 4.90 Å². The Morgan fingerprint density at radius 1 is 1.22 bits per heavy atom. The highest BCUT2D eigenvalue weighted by atomic mass is 16.3. The number of anilines is 2. The maximum atomic E-state index is 9.42. The van der Waals surface area contributed by atoms with Crippen molar-refractivity contribution < 1.29 is 5.11 Å². The van der Waals surface area contributed by atoms with Gasteiger partial charge in [0.1, 0.15) is 0 Å². The van der Waals surface area contributed by atoms with Crippen LogP contribution in [0.2, 0.25) is 0 Å². The van der Waals surface area contributed by atoms with Crippen molar-refractivity contribution in [1.29, 1.82) is 0 Å². The maximum absolute atomic E-state index is 9.42. The van der Waals surface area contributed by atoms with Gasteiger partial charge in [0.2, 0.25) is 5.95 Å². The van der Waals surface area contributed by atoms with Crippen LogP contribution in [0.1, 0.15) is 36.8 Å². The number of aromatic nitrogens is 3. The Bertz CT molecular complexity index is 972. The van der Waals surface area contributed by atoms with Crippen molar-refractivity contribution in [2.75, 3.05) is 18.4 Å². The zero-order chi connectivity index (χ0) is 19.1. The molecule has 0 unspecified atom stereocenters. The lowest BCUT2D eigenvalue weighted by Crippen LogP contribution is -2.49. The first-order chi connectivity index (χ1) is 12.9. The van der Waals surface area contributed by atoms with E-state index < -0.39 is 0 Å². The van der Waals surface area contributed by atoms with Gasteiger partial charge in [-0.25, -0.2) is 9.97 Å². The second kappa shape index (κ2) is 6.94. The van der Waals surface area contributed by atoms with Gasteiger partial charge in [0, 0.05) is 54.2 Å². The summed E-state index contributed by atoms with van der Waals surface area (Å²) in [7, 11) is 0. The molecule has 2 aromatic heterocycles. The van der Waals surface area contributed by atoms with Gasteiger partial charge in [-0.05, 0) is 57.5 Å². The monoisotopic (exact) mass is 365 g/mol. The van der Waals surface area contributed by atoms with Crippen molar-refractivity contribution in [1.82, 2.24) is 19.4 Å². The molecule has 0 radical (unpaired) electrons. The number of fused-ring (bicyclic) bond motifs is 1. The fourth-order valence-corrected chi connectivity index (χ4v) is 3.92. The Morgan fingerprint density at radius 2 is 2.00 bits per heavy atom. The van der Waals surface area contributed by atoms with Gasteiger partial charge in [0.15, 0.2) is 0 Å². The summed E-state index contributed by atoms with van der Waals surface area (Å²) in [6, 6.07) is 8.79. The molecule has 1 saturated heterocycles. The summed E-state index contributed by atoms with van der Waals surface area (Å²) in [5, 5.41) is 14.0. The van der Waals surface area contributed by atoms with E-state index in [1.54, 1.807) is 6.20 Å². The molecule has 0 aliphatic carbocycles. The van der Waals surface area contributed by atoms with E-state index >= 15 is 0 Å². The molecule has 1 fully saturated rings. The standard InChI is InChI=1S/C21H27N5O/c1-13(2)26-15(4)14(3)19-9-16(5-6-20(19)26)23-21-22-8-7-17(24-21)10-25-11-18(27)12-25/h5-9,13,18,27H,10-12H2,1-4H3,(H,22,23,24). The highest BCUT2D eigenvalue weighted by Crippen LogP contribution is 2.31. The van der Waals surface area contributed by atoms with Crippen LogP contribution >= 0.6 is 0 Å². The number of nitrogens with zero attached hydrogens (tertiary/aromatic N) is 4. The molecule has 0 saturated carbocycles. The fourth-order valence-electron chi connectivity index (χ4n) is 3.92. The van der Waals surface area contributed by atoms with Crippen LogP contribution in [0.4, 0.5) is 11.6 Å². The van der Waals surface area contributed by atoms with Gasteiger partial charge >= 0.3 is 0 Å². The van der Waals surface area contributed by atoms with Crippen LogP contribution in [0.25, 0.3) is 10.9 Å². The van der Waals surface area contributed by atoms with Crippen molar-refractivity contribution in [3.63, 3.8) is 0 Å². The number of benzene rings is 1. The number of aliphatic hydroxyl groups excluding tert-OH is 1. The van der Waals surface area contributed by atoms with Gasteiger partial charge < -0.3 is 15.0 Å². The first kappa shape index (κ1) is 17.9. The number of β-amino-alcohol motifs (C(OH)–C–C–N with tert-alkyl or cyclic N) is 1. The lowest BCUT2D eigenvalue weighted by atomic mass is 10.1. The van der Waals surface area contributed by atoms with E-state index in [0.717, 1.165) is 31.0 Å². The summed E-state index contributed by atoms with van der Waals surface area (Å²) >= 11 is 0. The summed E-state index contributed by atoms with van der Waals surface area (Å²) in [6.07, 6.45) is 1.59. The van der Waals surface area contributed by atoms with Crippen molar-refractivity contribution in [3.05, 3.63) is 47.4 Å². The largest absolute Gasteiger partial charge is 0.390 e. The van der Waals surface area contributed by atoms with Crippen LogP contribution in [0.15, 0.2) is 30.5 Å². The molecular formula is C21H27N5O. The van der Waals surface area contributed by atoms with E-state index in [1.165, 1.54) is 22.2 Å². The van der Waals surface area contributed by atoms with Gasteiger partial charge in [-0.2, -0.15) is 0 Å². The highest BCUT2D eigenvalue weighted by Gasteiger charge is 2.24. The number of rotatable bonds is 5. The third-order valence-corrected chi connectivity index (χ3v) is 5.37. The van der Waals surface area contributed by atoms with Crippen molar-refractivity contribution in [2.24, 2.45) is 0 Å². The van der Waals surface area contributed by atoms with E-state index in [1.807, 2.05) is 6.07 Å². The molecule has 3 heterocycles. The molecule has 1 aliphatic heterocycles. The molecule has 4 rings (SSSR count). The molecule has 142 valence electrons. The smallest absolute Gasteiger partial charge is 0.227 e. The summed E-state index contributed by atoms with van der Waals surface area (Å²) in [5.41, 5.74) is 5.83. The average molecular weight is 365 g/mol. The van der Waals surface area contributed by atoms with Gasteiger partial charge in [-0.1, -0.05) is 0 Å². The molecule has 2 N–H and O–H groups in total. The number of aryl methyl sites for hydroxylation is 1. The summed E-state index contributed by atoms with van der Waals surface area (Å²) in [4.78, 5) is 11.1. The van der Waals surface area contributed by atoms with Crippen LogP contribution in [-0.2, 0) is 6.54 Å². The zero-order valence-electron chi connectivity index (χ0n) is 16.4. The molecule has 1 aliphatic rings. The van der Waals surface area contributed by atoms with Gasteiger partial charge in [0.05, 0.1) is 11.8 Å². The van der Waals surface area contributed by atoms with E-state index in [2.05, 4.69) is 70.6 Å². The second-order valence-corrected chi connectivity index (χ2v) is 7.75. The Morgan fingerprint density at radius 3 is 2.70 bits per heavy atom. The molecule has 0 spiro atoms. The van der Waals surface area contributed by atoms with Crippen molar-refractivity contribution in [2.45, 2.75) is 46.4 Å². The fraction of sp³-hybridized carbons (Fsp3) is 0.429. The van der Waals surface area contributed by atoms with Crippen molar-refractivity contribution in [3.8, 4) is 0 Å². The summed E-state index contributed by atoms with van der Waals surface area (Å²) in [6.45, 7) is 11.0. The Hall–Kier alpha value is -2.44. The molecule has 27 heavy (non-hydrogen) atoms. The topological polar surface area (TPSA) is 66.2 Å². The highest BCUT2D eigenvalue weighted by molar-refractivity contribution is 5.88. The van der Waals surface area contributed by atoms with E-state index in [-0.39, 0.29) is 6.10 Å². The molecule has 1 aromatic carbocycles. The third kappa shape index (κ3) is 3.42. The Kier molecular flexibility index (Phi) is 4.61. The van der Waals surface area contributed by atoms with Crippen LogP contribution in [0, 0.1) is 13.8 Å². The first-order valence-corrected chi connectivity index (χ1v) is 9.53. The first-order valence-electron chi connectivity index (χ1n) is 9.53. The Balaban J connectivity index is 1.57. The van der Waals surface area contributed by atoms with E-state index in [4.69, 9.17) is 0 Å². The second-order valence-electron chi connectivity index (χ2n) is 7.75. The van der Waals surface area contributed by atoms with E-state index in [9.17, 15) is 5.11 Å². The van der Waals surface area contributed by atoms with Crippen LogP contribution < -0.4 is 5.32 Å².